The van der Waals surface area contributed by atoms with E-state index in [0.29, 0.717) is 0 Å². The van der Waals surface area contributed by atoms with Crippen LogP contribution < -0.4 is 0 Å². The van der Waals surface area contributed by atoms with Crippen molar-refractivity contribution in [3.8, 4) is 11.1 Å². The summed E-state index contributed by atoms with van der Waals surface area (Å²) in [6.07, 6.45) is 7.41. The molecule has 0 spiro atoms. The van der Waals surface area contributed by atoms with E-state index in [4.69, 9.17) is 0 Å². The number of fused-ring (bicyclic) bond motifs is 1. The summed E-state index contributed by atoms with van der Waals surface area (Å²) in [4.78, 5) is 0. The van der Waals surface area contributed by atoms with Gasteiger partial charge in [0, 0.05) is 0 Å². The first kappa shape index (κ1) is 18.4. The van der Waals surface area contributed by atoms with Gasteiger partial charge in [-0.25, -0.2) is 0 Å². The maximum atomic E-state index is 2.42. The van der Waals surface area contributed by atoms with E-state index in [2.05, 4.69) is 61.5 Å². The van der Waals surface area contributed by atoms with Gasteiger partial charge in [-0.2, -0.15) is 0 Å². The fourth-order valence-corrected chi connectivity index (χ4v) is 2.87. The van der Waals surface area contributed by atoms with Crippen LogP contribution in [0.15, 0.2) is 54.1 Å². The normalized spacial score (nSPS) is 12.0. The van der Waals surface area contributed by atoms with Gasteiger partial charge in [0.25, 0.3) is 0 Å². The Morgan fingerprint density at radius 1 is 0.905 bits per heavy atom. The molecule has 0 saturated carbocycles. The first-order valence-electron chi connectivity index (χ1n) is 7.25. The van der Waals surface area contributed by atoms with Crippen LogP contribution in [-0.4, -0.2) is 37.7 Å². The molecule has 0 unspecified atom stereocenters. The summed E-state index contributed by atoms with van der Waals surface area (Å²) >= 11 is 0. The molecule has 1 aliphatic rings. The zero-order valence-corrected chi connectivity index (χ0v) is 11.5. The molecule has 21 heavy (non-hydrogen) atoms. The number of hydrogen-bond donors (Lipinski definition) is 0. The first-order valence-corrected chi connectivity index (χ1v) is 7.25. The molecule has 0 fully saturated rings. The molecule has 100 valence electrons. The summed E-state index contributed by atoms with van der Waals surface area (Å²) in [5, 5.41) is 0. The van der Waals surface area contributed by atoms with E-state index in [1.807, 2.05) is 0 Å². The van der Waals surface area contributed by atoms with Crippen LogP contribution in [0.5, 0.6) is 0 Å². The molecule has 3 rings (SSSR count). The maximum absolute atomic E-state index is 2.42. The van der Waals surface area contributed by atoms with Crippen LogP contribution >= 0.6 is 0 Å². The van der Waals surface area contributed by atoms with E-state index in [1.165, 1.54) is 41.5 Å². The Balaban J connectivity index is 0.00000110. The molecule has 1 aliphatic carbocycles. The Bertz CT molecular complexity index is 600. The predicted molar refractivity (Wildman–Crippen MR) is 97.4 cm³/mol. The second-order valence-electron chi connectivity index (χ2n) is 5.33. The van der Waals surface area contributed by atoms with Crippen molar-refractivity contribution in [2.45, 2.75) is 32.6 Å². The van der Waals surface area contributed by atoms with Gasteiger partial charge >= 0.3 is 37.7 Å². The average Bonchev–Trinajstić information content (AvgIpc) is 2.88. The zero-order chi connectivity index (χ0) is 13.1. The van der Waals surface area contributed by atoms with Crippen molar-refractivity contribution >= 4 is 43.8 Å². The number of allylic oxidation sites excluding steroid dienone is 1. The molecule has 0 N–H and O–H groups in total. The molecular weight excluding hydrogens is 242 g/mol. The van der Waals surface area contributed by atoms with Crippen molar-refractivity contribution in [3.63, 3.8) is 0 Å². The Morgan fingerprint density at radius 3 is 2.38 bits per heavy atom. The molecule has 2 heteroatoms. The van der Waals surface area contributed by atoms with Crippen molar-refractivity contribution in [1.82, 2.24) is 0 Å². The van der Waals surface area contributed by atoms with Crippen LogP contribution in [0.2, 0.25) is 0 Å². The number of hydrogen-bond acceptors (Lipinski definition) is 0. The fraction of sp³-hybridized carbons (Fsp3) is 0.263. The Kier molecular flexibility index (Phi) is 7.66. The van der Waals surface area contributed by atoms with E-state index in [0.717, 1.165) is 6.42 Å². The van der Waals surface area contributed by atoms with Gasteiger partial charge in [-0.1, -0.05) is 73.5 Å². The Morgan fingerprint density at radius 2 is 1.67 bits per heavy atom. The van der Waals surface area contributed by atoms with Crippen molar-refractivity contribution in [2.24, 2.45) is 0 Å². The SMILES string of the molecule is CCCCC1=Cc2c(cccc2-c2ccccc2)C1.[LiH].[LiH]. The molecule has 0 nitrogen and oxygen atoms in total. The second kappa shape index (κ2) is 8.73. The Hall–Kier alpha value is -0.625. The third kappa shape index (κ3) is 4.19. The summed E-state index contributed by atoms with van der Waals surface area (Å²) in [6, 6.07) is 17.4. The summed E-state index contributed by atoms with van der Waals surface area (Å²) in [7, 11) is 0. The van der Waals surface area contributed by atoms with E-state index in [1.54, 1.807) is 5.57 Å². The van der Waals surface area contributed by atoms with Gasteiger partial charge in [-0.15, -0.1) is 0 Å². The molecule has 2 aromatic rings. The average molecular weight is 264 g/mol. The molecule has 0 atom stereocenters. The standard InChI is InChI=1S/C19H20.2Li.2H/c1-2-3-8-15-13-17-11-7-12-18(19(17)14-15)16-9-5-4-6-10-16;;;;/h4-7,9-12,14H,2-3,8,13H2,1H3;;;;. The molecule has 0 amide bonds. The van der Waals surface area contributed by atoms with E-state index < -0.39 is 0 Å². The molecule has 0 aliphatic heterocycles. The molecule has 0 bridgehead atoms. The minimum atomic E-state index is 0. The Labute approximate surface area is 152 Å². The molecule has 0 heterocycles. The fourth-order valence-electron chi connectivity index (χ4n) is 2.87. The topological polar surface area (TPSA) is 0 Å². The van der Waals surface area contributed by atoms with Crippen molar-refractivity contribution in [1.29, 1.82) is 0 Å². The summed E-state index contributed by atoms with van der Waals surface area (Å²) < 4.78 is 0. The van der Waals surface area contributed by atoms with Gasteiger partial charge in [0.05, 0.1) is 0 Å². The van der Waals surface area contributed by atoms with Gasteiger partial charge in [-0.3, -0.25) is 0 Å². The van der Waals surface area contributed by atoms with Crippen molar-refractivity contribution < 1.29 is 0 Å². The quantitative estimate of drug-likeness (QED) is 0.726. The molecule has 0 saturated heterocycles. The molecular formula is C19H22Li2. The van der Waals surface area contributed by atoms with E-state index >= 15 is 0 Å². The monoisotopic (exact) mass is 264 g/mol. The van der Waals surface area contributed by atoms with Crippen LogP contribution in [-0.2, 0) is 6.42 Å². The number of unbranched alkanes of at least 4 members (excludes halogenated alkanes) is 1. The van der Waals surface area contributed by atoms with Crippen LogP contribution in [0.25, 0.3) is 17.2 Å². The molecule has 0 radical (unpaired) electrons. The predicted octanol–water partition coefficient (Wildman–Crippen LogP) is 4.19. The molecule has 0 aromatic heterocycles. The van der Waals surface area contributed by atoms with Gasteiger partial charge in [-0.05, 0) is 41.5 Å². The first-order chi connectivity index (χ1) is 9.38. The third-order valence-electron chi connectivity index (χ3n) is 3.90. The van der Waals surface area contributed by atoms with Gasteiger partial charge < -0.3 is 0 Å². The van der Waals surface area contributed by atoms with Crippen LogP contribution in [0, 0.1) is 0 Å². The summed E-state index contributed by atoms with van der Waals surface area (Å²) in [5.74, 6) is 0. The van der Waals surface area contributed by atoms with Gasteiger partial charge in [0.1, 0.15) is 0 Å². The third-order valence-corrected chi connectivity index (χ3v) is 3.90. The van der Waals surface area contributed by atoms with Gasteiger partial charge in [0.15, 0.2) is 0 Å². The number of rotatable bonds is 4. The minimum absolute atomic E-state index is 0. The van der Waals surface area contributed by atoms with E-state index in [9.17, 15) is 0 Å². The van der Waals surface area contributed by atoms with E-state index in [-0.39, 0.29) is 37.7 Å². The number of benzene rings is 2. The van der Waals surface area contributed by atoms with Crippen LogP contribution in [0.1, 0.15) is 37.3 Å². The van der Waals surface area contributed by atoms with Crippen LogP contribution in [0.4, 0.5) is 0 Å². The van der Waals surface area contributed by atoms with Crippen molar-refractivity contribution in [3.05, 3.63) is 65.2 Å². The van der Waals surface area contributed by atoms with Crippen LogP contribution in [0.3, 0.4) is 0 Å². The molecule has 2 aromatic carbocycles. The summed E-state index contributed by atoms with van der Waals surface area (Å²) in [5.41, 5.74) is 7.24. The van der Waals surface area contributed by atoms with Gasteiger partial charge in [0.2, 0.25) is 0 Å². The zero-order valence-electron chi connectivity index (χ0n) is 11.5. The second-order valence-corrected chi connectivity index (χ2v) is 5.33. The van der Waals surface area contributed by atoms with Crippen molar-refractivity contribution in [2.75, 3.05) is 0 Å². The summed E-state index contributed by atoms with van der Waals surface area (Å²) in [6.45, 7) is 2.26.